The van der Waals surface area contributed by atoms with Gasteiger partial charge in [0.25, 0.3) is 0 Å². The molecule has 0 saturated carbocycles. The van der Waals surface area contributed by atoms with Gasteiger partial charge in [0, 0.05) is 18.3 Å². The third-order valence-corrected chi connectivity index (χ3v) is 4.46. The zero-order valence-electron chi connectivity index (χ0n) is 15.8. The SMILES string of the molecule is CCCC[C@@H](CCO)Nc1cc(N)ccc1OCCCc1ccccc1. The Bertz CT molecular complexity index is 631. The van der Waals surface area contributed by atoms with Crippen LogP contribution in [0.2, 0.25) is 0 Å². The number of nitrogen functional groups attached to an aromatic ring is 1. The summed E-state index contributed by atoms with van der Waals surface area (Å²) in [5.41, 5.74) is 8.92. The van der Waals surface area contributed by atoms with Crippen molar-refractivity contribution in [3.63, 3.8) is 0 Å². The largest absolute Gasteiger partial charge is 0.491 e. The molecule has 0 amide bonds. The molecule has 0 unspecified atom stereocenters. The van der Waals surface area contributed by atoms with Gasteiger partial charge in [0.15, 0.2) is 0 Å². The molecule has 2 rings (SSSR count). The van der Waals surface area contributed by atoms with Crippen LogP contribution < -0.4 is 15.8 Å². The van der Waals surface area contributed by atoms with E-state index in [2.05, 4.69) is 36.5 Å². The Hall–Kier alpha value is -2.20. The normalized spacial score (nSPS) is 11.9. The molecule has 2 aromatic carbocycles. The van der Waals surface area contributed by atoms with E-state index in [1.165, 1.54) is 5.56 Å². The van der Waals surface area contributed by atoms with E-state index in [-0.39, 0.29) is 12.6 Å². The van der Waals surface area contributed by atoms with Crippen molar-refractivity contribution in [1.82, 2.24) is 0 Å². The van der Waals surface area contributed by atoms with Gasteiger partial charge < -0.3 is 20.9 Å². The average molecular weight is 357 g/mol. The van der Waals surface area contributed by atoms with Gasteiger partial charge >= 0.3 is 0 Å². The molecule has 4 N–H and O–H groups in total. The number of anilines is 2. The lowest BCUT2D eigenvalue weighted by atomic mass is 10.1. The molecule has 0 heterocycles. The smallest absolute Gasteiger partial charge is 0.142 e. The molecule has 4 nitrogen and oxygen atoms in total. The van der Waals surface area contributed by atoms with E-state index in [0.717, 1.165) is 50.0 Å². The lowest BCUT2D eigenvalue weighted by Gasteiger charge is -2.21. The van der Waals surface area contributed by atoms with Crippen LogP contribution >= 0.6 is 0 Å². The highest BCUT2D eigenvalue weighted by Gasteiger charge is 2.12. The van der Waals surface area contributed by atoms with Crippen molar-refractivity contribution in [2.45, 2.75) is 51.5 Å². The first kappa shape index (κ1) is 20.1. The molecular formula is C22H32N2O2. The topological polar surface area (TPSA) is 67.5 Å². The second kappa shape index (κ2) is 11.4. The second-order valence-electron chi connectivity index (χ2n) is 6.69. The fourth-order valence-electron chi connectivity index (χ4n) is 3.00. The van der Waals surface area contributed by atoms with Crippen LogP contribution in [-0.2, 0) is 6.42 Å². The fourth-order valence-corrected chi connectivity index (χ4v) is 3.00. The maximum atomic E-state index is 9.32. The first-order valence-electron chi connectivity index (χ1n) is 9.66. The van der Waals surface area contributed by atoms with E-state index >= 15 is 0 Å². The zero-order chi connectivity index (χ0) is 18.6. The van der Waals surface area contributed by atoms with Crippen molar-refractivity contribution in [3.8, 4) is 5.75 Å². The summed E-state index contributed by atoms with van der Waals surface area (Å²) >= 11 is 0. The van der Waals surface area contributed by atoms with Crippen molar-refractivity contribution in [2.75, 3.05) is 24.3 Å². The van der Waals surface area contributed by atoms with Gasteiger partial charge in [-0.15, -0.1) is 0 Å². The van der Waals surface area contributed by atoms with Gasteiger partial charge in [0.05, 0.1) is 12.3 Å². The first-order valence-corrected chi connectivity index (χ1v) is 9.66. The summed E-state index contributed by atoms with van der Waals surface area (Å²) in [6.45, 7) is 3.02. The van der Waals surface area contributed by atoms with Crippen molar-refractivity contribution in [1.29, 1.82) is 0 Å². The average Bonchev–Trinajstić information content (AvgIpc) is 2.65. The van der Waals surface area contributed by atoms with Crippen LogP contribution in [0, 0.1) is 0 Å². The van der Waals surface area contributed by atoms with Crippen LogP contribution in [0.4, 0.5) is 11.4 Å². The Morgan fingerprint density at radius 1 is 1.08 bits per heavy atom. The molecule has 26 heavy (non-hydrogen) atoms. The van der Waals surface area contributed by atoms with Gasteiger partial charge in [-0.2, -0.15) is 0 Å². The van der Waals surface area contributed by atoms with Crippen molar-refractivity contribution in [2.24, 2.45) is 0 Å². The molecule has 0 bridgehead atoms. The monoisotopic (exact) mass is 356 g/mol. The predicted octanol–water partition coefficient (Wildman–Crippen LogP) is 4.63. The van der Waals surface area contributed by atoms with Gasteiger partial charge in [-0.3, -0.25) is 0 Å². The standard InChI is InChI=1S/C22H32N2O2/c1-2-3-11-20(14-15-25)24-21-17-19(23)12-13-22(21)26-16-7-10-18-8-5-4-6-9-18/h4-6,8-9,12-13,17,20,24-25H,2-3,7,10-11,14-16,23H2,1H3/t20-/m0/s1. The Kier molecular flexibility index (Phi) is 8.84. The fraction of sp³-hybridized carbons (Fsp3) is 0.455. The Labute approximate surface area is 157 Å². The highest BCUT2D eigenvalue weighted by Crippen LogP contribution is 2.29. The van der Waals surface area contributed by atoms with Crippen LogP contribution in [0.5, 0.6) is 5.75 Å². The summed E-state index contributed by atoms with van der Waals surface area (Å²) < 4.78 is 6.02. The number of ether oxygens (including phenoxy) is 1. The molecule has 0 aliphatic heterocycles. The summed E-state index contributed by atoms with van der Waals surface area (Å²) in [5.74, 6) is 0.826. The number of unbranched alkanes of at least 4 members (excludes halogenated alkanes) is 1. The molecule has 0 aliphatic carbocycles. The van der Waals surface area contributed by atoms with Gasteiger partial charge in [-0.05, 0) is 49.4 Å². The van der Waals surface area contributed by atoms with Crippen molar-refractivity contribution >= 4 is 11.4 Å². The minimum Gasteiger partial charge on any atom is -0.491 e. The number of hydrogen-bond acceptors (Lipinski definition) is 4. The minimum atomic E-state index is 0.178. The maximum Gasteiger partial charge on any atom is 0.142 e. The quantitative estimate of drug-likeness (QED) is 0.383. The number of aliphatic hydroxyl groups is 1. The molecule has 0 saturated heterocycles. The van der Waals surface area contributed by atoms with E-state index in [9.17, 15) is 5.11 Å². The molecule has 2 aromatic rings. The number of aliphatic hydroxyl groups excluding tert-OH is 1. The first-order chi connectivity index (χ1) is 12.7. The molecular weight excluding hydrogens is 324 g/mol. The highest BCUT2D eigenvalue weighted by atomic mass is 16.5. The van der Waals surface area contributed by atoms with E-state index < -0.39 is 0 Å². The number of hydrogen-bond donors (Lipinski definition) is 3. The van der Waals surface area contributed by atoms with Gasteiger partial charge in [0.1, 0.15) is 5.75 Å². The van der Waals surface area contributed by atoms with Gasteiger partial charge in [-0.25, -0.2) is 0 Å². The molecule has 1 atom stereocenters. The number of aryl methyl sites for hydroxylation is 1. The number of rotatable bonds is 12. The summed E-state index contributed by atoms with van der Waals surface area (Å²) in [6.07, 6.45) is 5.99. The highest BCUT2D eigenvalue weighted by molar-refractivity contribution is 5.63. The Morgan fingerprint density at radius 2 is 1.88 bits per heavy atom. The third-order valence-electron chi connectivity index (χ3n) is 4.46. The van der Waals surface area contributed by atoms with Crippen molar-refractivity contribution < 1.29 is 9.84 Å². The van der Waals surface area contributed by atoms with Crippen LogP contribution in [0.25, 0.3) is 0 Å². The third kappa shape index (κ3) is 6.96. The predicted molar refractivity (Wildman–Crippen MR) is 110 cm³/mol. The zero-order valence-corrected chi connectivity index (χ0v) is 15.8. The maximum absolute atomic E-state index is 9.32. The molecule has 0 aliphatic rings. The minimum absolute atomic E-state index is 0.178. The van der Waals surface area contributed by atoms with E-state index in [0.29, 0.717) is 12.3 Å². The number of nitrogens with two attached hydrogens (primary N) is 1. The summed E-state index contributed by atoms with van der Waals surface area (Å²) in [6, 6.07) is 16.4. The van der Waals surface area contributed by atoms with Crippen LogP contribution in [-0.4, -0.2) is 24.4 Å². The Morgan fingerprint density at radius 3 is 2.62 bits per heavy atom. The van der Waals surface area contributed by atoms with E-state index in [4.69, 9.17) is 10.5 Å². The van der Waals surface area contributed by atoms with Crippen LogP contribution in [0.1, 0.15) is 44.6 Å². The van der Waals surface area contributed by atoms with Crippen molar-refractivity contribution in [3.05, 3.63) is 54.1 Å². The van der Waals surface area contributed by atoms with E-state index in [1.54, 1.807) is 0 Å². The summed E-state index contributed by atoms with van der Waals surface area (Å²) in [7, 11) is 0. The van der Waals surface area contributed by atoms with Gasteiger partial charge in [0.2, 0.25) is 0 Å². The molecule has 142 valence electrons. The lowest BCUT2D eigenvalue weighted by Crippen LogP contribution is -2.21. The molecule has 0 spiro atoms. The van der Waals surface area contributed by atoms with Crippen LogP contribution in [0.3, 0.4) is 0 Å². The lowest BCUT2D eigenvalue weighted by molar-refractivity contribution is 0.275. The Balaban J connectivity index is 1.92. The van der Waals surface area contributed by atoms with Crippen LogP contribution in [0.15, 0.2) is 48.5 Å². The van der Waals surface area contributed by atoms with Gasteiger partial charge in [-0.1, -0.05) is 50.1 Å². The molecule has 0 aromatic heterocycles. The molecule has 0 radical (unpaired) electrons. The molecule has 0 fully saturated rings. The summed E-state index contributed by atoms with van der Waals surface area (Å²) in [5, 5.41) is 12.8. The number of nitrogens with one attached hydrogen (secondary N) is 1. The van der Waals surface area contributed by atoms with E-state index in [1.807, 2.05) is 24.3 Å². The second-order valence-corrected chi connectivity index (χ2v) is 6.69. The summed E-state index contributed by atoms with van der Waals surface area (Å²) in [4.78, 5) is 0. The molecule has 4 heteroatoms. The number of benzene rings is 2.